The maximum atomic E-state index is 12.4. The monoisotopic (exact) mass is 333 g/mol. The first-order valence-electron chi connectivity index (χ1n) is 8.92. The largest absolute Gasteiger partial charge is 0.484 e. The second-order valence-corrected chi connectivity index (χ2v) is 6.99. The van der Waals surface area contributed by atoms with Crippen molar-refractivity contribution in [3.8, 4) is 5.75 Å². The van der Waals surface area contributed by atoms with E-state index in [1.54, 1.807) is 7.05 Å². The van der Waals surface area contributed by atoms with E-state index in [0.717, 1.165) is 25.0 Å². The van der Waals surface area contributed by atoms with Crippen molar-refractivity contribution in [2.24, 2.45) is 0 Å². The number of benzene rings is 1. The topological polar surface area (TPSA) is 70.0 Å². The lowest BCUT2D eigenvalue weighted by Gasteiger charge is -2.37. The van der Waals surface area contributed by atoms with Gasteiger partial charge in [0.1, 0.15) is 11.9 Å². The first kappa shape index (κ1) is 17.2. The lowest BCUT2D eigenvalue weighted by atomic mass is 9.89. The van der Waals surface area contributed by atoms with Crippen LogP contribution in [0.5, 0.6) is 5.75 Å². The summed E-state index contributed by atoms with van der Waals surface area (Å²) in [6.45, 7) is -0.0470. The van der Waals surface area contributed by atoms with Crippen molar-refractivity contribution in [2.45, 2.75) is 63.2 Å². The fourth-order valence-corrected chi connectivity index (χ4v) is 3.79. The maximum absolute atomic E-state index is 12.4. The minimum absolute atomic E-state index is 0.0470. The Morgan fingerprint density at radius 1 is 1.17 bits per heavy atom. The van der Waals surface area contributed by atoms with Gasteiger partial charge in [0.2, 0.25) is 0 Å². The molecule has 2 aliphatic rings. The quantitative estimate of drug-likeness (QED) is 0.879. The molecule has 2 N–H and O–H groups in total. The second-order valence-electron chi connectivity index (χ2n) is 6.99. The molecule has 1 aromatic rings. The summed E-state index contributed by atoms with van der Waals surface area (Å²) < 4.78 is 5.67. The first-order valence-corrected chi connectivity index (χ1v) is 8.92. The molecule has 3 atom stereocenters. The van der Waals surface area contributed by atoms with E-state index in [4.69, 9.17) is 4.74 Å². The molecule has 1 fully saturated rings. The molecule has 0 aliphatic heterocycles. The average molecular weight is 333 g/mol. The Labute approximate surface area is 143 Å². The molecule has 24 heavy (non-hydrogen) atoms. The highest BCUT2D eigenvalue weighted by molar-refractivity contribution is 5.78. The van der Waals surface area contributed by atoms with Crippen LogP contribution in [-0.4, -0.2) is 52.9 Å². The number of ether oxygens (including phenoxy) is 1. The summed E-state index contributed by atoms with van der Waals surface area (Å²) in [5, 5.41) is 19.9. The molecule has 1 aromatic carbocycles. The van der Waals surface area contributed by atoms with Crippen molar-refractivity contribution in [3.05, 3.63) is 29.3 Å². The summed E-state index contributed by atoms with van der Waals surface area (Å²) in [6.07, 6.45) is 5.13. The molecule has 3 rings (SSSR count). The predicted molar refractivity (Wildman–Crippen MR) is 91.0 cm³/mol. The number of likely N-dealkylation sites (N-methyl/N-ethyl adjacent to an activating group) is 1. The Morgan fingerprint density at radius 3 is 2.71 bits per heavy atom. The van der Waals surface area contributed by atoms with E-state index in [9.17, 15) is 15.0 Å². The highest BCUT2D eigenvalue weighted by Crippen LogP contribution is 2.26. The lowest BCUT2D eigenvalue weighted by Crippen LogP contribution is -2.52. The Balaban J connectivity index is 1.57. The molecular weight excluding hydrogens is 306 g/mol. The molecule has 1 amide bonds. The van der Waals surface area contributed by atoms with Crippen LogP contribution in [0.4, 0.5) is 0 Å². The van der Waals surface area contributed by atoms with Crippen LogP contribution in [-0.2, 0) is 17.6 Å². The predicted octanol–water partition coefficient (Wildman–Crippen LogP) is 1.68. The van der Waals surface area contributed by atoms with Crippen molar-refractivity contribution in [3.63, 3.8) is 0 Å². The molecule has 0 aromatic heterocycles. The van der Waals surface area contributed by atoms with Gasteiger partial charge in [-0.3, -0.25) is 4.79 Å². The third kappa shape index (κ3) is 3.73. The SMILES string of the molecule is CN(C(=O)COc1ccc2c(c1)CCCC2)[C@@H]1CCC[C@@H](O)[C@@H]1O. The first-order chi connectivity index (χ1) is 11.6. The summed E-state index contributed by atoms with van der Waals surface area (Å²) in [5.74, 6) is 0.549. The standard InChI is InChI=1S/C19H27NO4/c1-20(16-7-4-8-17(21)19(16)23)18(22)12-24-15-10-9-13-5-2-3-6-14(13)11-15/h9-11,16-17,19,21,23H,2-8,12H2,1H3/t16-,17-,19-/m1/s1. The van der Waals surface area contributed by atoms with Gasteiger partial charge in [0.15, 0.2) is 6.61 Å². The number of carbonyl (C=O) groups excluding carboxylic acids is 1. The fraction of sp³-hybridized carbons (Fsp3) is 0.632. The number of aryl methyl sites for hydroxylation is 2. The Kier molecular flexibility index (Phi) is 5.41. The molecule has 0 saturated heterocycles. The Hall–Kier alpha value is -1.59. The zero-order chi connectivity index (χ0) is 17.1. The minimum atomic E-state index is -0.878. The van der Waals surface area contributed by atoms with Gasteiger partial charge in [0, 0.05) is 7.05 Å². The van der Waals surface area contributed by atoms with Crippen LogP contribution in [0.1, 0.15) is 43.2 Å². The van der Waals surface area contributed by atoms with Crippen LogP contribution in [0.2, 0.25) is 0 Å². The van der Waals surface area contributed by atoms with Gasteiger partial charge in [0.05, 0.1) is 12.1 Å². The van der Waals surface area contributed by atoms with Crippen LogP contribution in [0, 0.1) is 0 Å². The van der Waals surface area contributed by atoms with E-state index >= 15 is 0 Å². The summed E-state index contributed by atoms with van der Waals surface area (Å²) >= 11 is 0. The summed E-state index contributed by atoms with van der Waals surface area (Å²) in [4.78, 5) is 13.9. The highest BCUT2D eigenvalue weighted by Gasteiger charge is 2.35. The van der Waals surface area contributed by atoms with Crippen molar-refractivity contribution >= 4 is 5.91 Å². The molecule has 0 unspecified atom stereocenters. The van der Waals surface area contributed by atoms with Gasteiger partial charge >= 0.3 is 0 Å². The number of aliphatic hydroxyl groups excluding tert-OH is 2. The van der Waals surface area contributed by atoms with E-state index in [0.29, 0.717) is 12.8 Å². The lowest BCUT2D eigenvalue weighted by molar-refractivity contribution is -0.140. The van der Waals surface area contributed by atoms with Crippen molar-refractivity contribution < 1.29 is 19.7 Å². The normalized spacial score (nSPS) is 26.5. The number of fused-ring (bicyclic) bond motifs is 1. The molecule has 5 heteroatoms. The molecule has 2 aliphatic carbocycles. The van der Waals surface area contributed by atoms with E-state index < -0.39 is 12.2 Å². The smallest absolute Gasteiger partial charge is 0.260 e. The molecule has 5 nitrogen and oxygen atoms in total. The zero-order valence-corrected chi connectivity index (χ0v) is 14.3. The van der Waals surface area contributed by atoms with E-state index in [-0.39, 0.29) is 18.6 Å². The summed E-state index contributed by atoms with van der Waals surface area (Å²) in [7, 11) is 1.67. The molecule has 0 bridgehead atoms. The average Bonchev–Trinajstić information content (AvgIpc) is 2.61. The summed E-state index contributed by atoms with van der Waals surface area (Å²) in [5.41, 5.74) is 2.71. The minimum Gasteiger partial charge on any atom is -0.484 e. The molecule has 0 spiro atoms. The van der Waals surface area contributed by atoms with Gasteiger partial charge in [-0.15, -0.1) is 0 Å². The third-order valence-corrected chi connectivity index (χ3v) is 5.36. The summed E-state index contributed by atoms with van der Waals surface area (Å²) in [6, 6.07) is 5.73. The van der Waals surface area contributed by atoms with Crippen molar-refractivity contribution in [1.29, 1.82) is 0 Å². The molecular formula is C19H27NO4. The maximum Gasteiger partial charge on any atom is 0.260 e. The van der Waals surface area contributed by atoms with E-state index in [2.05, 4.69) is 6.07 Å². The second kappa shape index (κ2) is 7.53. The molecule has 132 valence electrons. The van der Waals surface area contributed by atoms with E-state index in [1.165, 1.54) is 28.9 Å². The van der Waals surface area contributed by atoms with Crippen LogP contribution < -0.4 is 4.74 Å². The fourth-order valence-electron chi connectivity index (χ4n) is 3.79. The zero-order valence-electron chi connectivity index (χ0n) is 14.3. The van der Waals surface area contributed by atoms with E-state index in [1.807, 2.05) is 12.1 Å². The molecule has 0 radical (unpaired) electrons. The number of hydrogen-bond acceptors (Lipinski definition) is 4. The van der Waals surface area contributed by atoms with Gasteiger partial charge in [-0.2, -0.15) is 0 Å². The number of hydrogen-bond donors (Lipinski definition) is 2. The van der Waals surface area contributed by atoms with Crippen LogP contribution in [0.15, 0.2) is 18.2 Å². The van der Waals surface area contributed by atoms with Gasteiger partial charge < -0.3 is 19.8 Å². The van der Waals surface area contributed by atoms with Crippen LogP contribution >= 0.6 is 0 Å². The van der Waals surface area contributed by atoms with Crippen molar-refractivity contribution in [2.75, 3.05) is 13.7 Å². The van der Waals surface area contributed by atoms with Gasteiger partial charge in [-0.1, -0.05) is 6.07 Å². The van der Waals surface area contributed by atoms with Gasteiger partial charge in [0.25, 0.3) is 5.91 Å². The number of aliphatic hydroxyl groups is 2. The Bertz CT molecular complexity index is 589. The van der Waals surface area contributed by atoms with Gasteiger partial charge in [-0.25, -0.2) is 0 Å². The molecule has 1 saturated carbocycles. The number of carbonyl (C=O) groups is 1. The molecule has 0 heterocycles. The highest BCUT2D eigenvalue weighted by atomic mass is 16.5. The number of nitrogens with zero attached hydrogens (tertiary/aromatic N) is 1. The number of amides is 1. The van der Waals surface area contributed by atoms with Crippen LogP contribution in [0.25, 0.3) is 0 Å². The van der Waals surface area contributed by atoms with Gasteiger partial charge in [-0.05, 0) is 68.2 Å². The van der Waals surface area contributed by atoms with Crippen LogP contribution in [0.3, 0.4) is 0 Å². The Morgan fingerprint density at radius 2 is 1.92 bits per heavy atom. The van der Waals surface area contributed by atoms with Crippen molar-refractivity contribution in [1.82, 2.24) is 4.90 Å². The third-order valence-electron chi connectivity index (χ3n) is 5.36. The number of rotatable bonds is 4.